The molecule has 8 aromatic carbocycles. The highest BCUT2D eigenvalue weighted by molar-refractivity contribution is 6.17. The van der Waals surface area contributed by atoms with Gasteiger partial charge in [0.05, 0.1) is 22.1 Å². The highest BCUT2D eigenvalue weighted by Gasteiger charge is 2.19. The highest BCUT2D eigenvalue weighted by atomic mass is 16.3. The number of hydrogen-bond donors (Lipinski definition) is 0. The van der Waals surface area contributed by atoms with Gasteiger partial charge in [0.15, 0.2) is 17.5 Å². The van der Waals surface area contributed by atoms with Crippen molar-refractivity contribution >= 4 is 65.6 Å². The second kappa shape index (κ2) is 12.3. The van der Waals surface area contributed by atoms with E-state index in [-0.39, 0.29) is 0 Å². The summed E-state index contributed by atoms with van der Waals surface area (Å²) >= 11 is 0. The first-order valence-electron chi connectivity index (χ1n) is 19.1. The highest BCUT2D eigenvalue weighted by Crippen LogP contribution is 2.40. The number of para-hydroxylation sites is 3. The van der Waals surface area contributed by atoms with Crippen molar-refractivity contribution in [1.29, 1.82) is 0 Å². The molecule has 0 aliphatic carbocycles. The second-order valence-electron chi connectivity index (χ2n) is 14.5. The number of fused-ring (bicyclic) bond motifs is 9. The van der Waals surface area contributed by atoms with Gasteiger partial charge in [-0.3, -0.25) is 0 Å². The maximum Gasteiger partial charge on any atom is 0.164 e. The molecule has 0 spiro atoms. The van der Waals surface area contributed by atoms with Crippen LogP contribution in [0.5, 0.6) is 0 Å². The van der Waals surface area contributed by atoms with Crippen molar-refractivity contribution in [2.75, 3.05) is 0 Å². The Bertz CT molecular complexity index is 3470. The largest absolute Gasteiger partial charge is 0.456 e. The van der Waals surface area contributed by atoms with Crippen LogP contribution in [0.15, 0.2) is 192 Å². The predicted molar refractivity (Wildman–Crippen MR) is 232 cm³/mol. The van der Waals surface area contributed by atoms with Crippen LogP contribution in [0.3, 0.4) is 0 Å². The zero-order valence-electron chi connectivity index (χ0n) is 30.5. The first-order valence-corrected chi connectivity index (χ1v) is 19.1. The van der Waals surface area contributed by atoms with Crippen LogP contribution < -0.4 is 0 Å². The molecular weight excluding hydrogens is 699 g/mol. The van der Waals surface area contributed by atoms with Crippen LogP contribution in [0.4, 0.5) is 0 Å². The quantitative estimate of drug-likeness (QED) is 0.177. The molecular formula is C51H31N5O. The van der Waals surface area contributed by atoms with Crippen molar-refractivity contribution in [2.45, 2.75) is 0 Å². The lowest BCUT2D eigenvalue weighted by Crippen LogP contribution is -2.01. The Kier molecular flexibility index (Phi) is 6.83. The molecule has 0 fully saturated rings. The summed E-state index contributed by atoms with van der Waals surface area (Å²) in [6.07, 6.45) is 0. The number of hydrogen-bond acceptors (Lipinski definition) is 4. The van der Waals surface area contributed by atoms with E-state index in [9.17, 15) is 0 Å². The minimum atomic E-state index is 0.624. The topological polar surface area (TPSA) is 61.7 Å². The van der Waals surface area contributed by atoms with Crippen molar-refractivity contribution < 1.29 is 4.42 Å². The first kappa shape index (κ1) is 31.5. The third-order valence-corrected chi connectivity index (χ3v) is 11.1. The second-order valence-corrected chi connectivity index (χ2v) is 14.5. The van der Waals surface area contributed by atoms with Crippen LogP contribution in [-0.4, -0.2) is 24.1 Å². The zero-order valence-corrected chi connectivity index (χ0v) is 30.5. The Morgan fingerprint density at radius 2 is 0.807 bits per heavy atom. The van der Waals surface area contributed by atoms with Gasteiger partial charge in [-0.1, -0.05) is 127 Å². The SMILES string of the molecule is c1ccc(-c2nc(-c3ccccc3)nc(-c3cccc(-n4c5ccccc5c5cc(-n6c7ccccc7c7cc8oc9ccccc9c8cc76)ccc54)c3)n2)cc1. The monoisotopic (exact) mass is 729 g/mol. The van der Waals surface area contributed by atoms with Crippen molar-refractivity contribution in [1.82, 2.24) is 24.1 Å². The summed E-state index contributed by atoms with van der Waals surface area (Å²) in [5.41, 5.74) is 11.3. The summed E-state index contributed by atoms with van der Waals surface area (Å²) in [5, 5.41) is 6.95. The van der Waals surface area contributed by atoms with Crippen molar-refractivity contribution in [2.24, 2.45) is 0 Å². The Morgan fingerprint density at radius 1 is 0.298 bits per heavy atom. The van der Waals surface area contributed by atoms with Crippen molar-refractivity contribution in [3.8, 4) is 45.5 Å². The van der Waals surface area contributed by atoms with Crippen LogP contribution >= 0.6 is 0 Å². The number of benzene rings is 8. The third-order valence-electron chi connectivity index (χ3n) is 11.1. The van der Waals surface area contributed by atoms with E-state index in [0.717, 1.165) is 72.1 Å². The summed E-state index contributed by atoms with van der Waals surface area (Å²) in [7, 11) is 0. The summed E-state index contributed by atoms with van der Waals surface area (Å²) in [5.74, 6) is 1.90. The van der Waals surface area contributed by atoms with Gasteiger partial charge in [-0.2, -0.15) is 0 Å². The van der Waals surface area contributed by atoms with Gasteiger partial charge in [0.1, 0.15) is 11.2 Å². The van der Waals surface area contributed by atoms with Gasteiger partial charge in [-0.15, -0.1) is 0 Å². The first-order chi connectivity index (χ1) is 28.2. The Balaban J connectivity index is 1.05. The van der Waals surface area contributed by atoms with Crippen LogP contribution in [-0.2, 0) is 0 Å². The molecule has 0 atom stereocenters. The van der Waals surface area contributed by atoms with E-state index < -0.39 is 0 Å². The Morgan fingerprint density at radius 3 is 1.49 bits per heavy atom. The van der Waals surface area contributed by atoms with E-state index in [4.69, 9.17) is 19.4 Å². The molecule has 0 bridgehead atoms. The molecule has 266 valence electrons. The van der Waals surface area contributed by atoms with Crippen LogP contribution in [0.2, 0.25) is 0 Å². The van der Waals surface area contributed by atoms with Gasteiger partial charge in [0.25, 0.3) is 0 Å². The molecule has 0 amide bonds. The van der Waals surface area contributed by atoms with E-state index in [1.165, 1.54) is 21.5 Å². The van der Waals surface area contributed by atoms with Gasteiger partial charge in [-0.05, 0) is 60.7 Å². The average molecular weight is 730 g/mol. The molecule has 6 nitrogen and oxygen atoms in total. The van der Waals surface area contributed by atoms with Crippen molar-refractivity contribution in [3.63, 3.8) is 0 Å². The molecule has 12 aromatic rings. The van der Waals surface area contributed by atoms with Gasteiger partial charge in [0, 0.05) is 60.4 Å². The number of nitrogens with zero attached hydrogens (tertiary/aromatic N) is 5. The summed E-state index contributed by atoms with van der Waals surface area (Å²) in [4.78, 5) is 15.0. The molecule has 0 aliphatic rings. The number of furan rings is 1. The summed E-state index contributed by atoms with van der Waals surface area (Å²) < 4.78 is 11.1. The van der Waals surface area contributed by atoms with Crippen molar-refractivity contribution in [3.05, 3.63) is 188 Å². The smallest absolute Gasteiger partial charge is 0.164 e. The van der Waals surface area contributed by atoms with Gasteiger partial charge in [-0.25, -0.2) is 15.0 Å². The molecule has 12 rings (SSSR count). The molecule has 4 heterocycles. The minimum Gasteiger partial charge on any atom is -0.456 e. The number of aromatic nitrogens is 5. The fraction of sp³-hybridized carbons (Fsp3) is 0. The Labute approximate surface area is 326 Å². The molecule has 0 N–H and O–H groups in total. The summed E-state index contributed by atoms with van der Waals surface area (Å²) in [6.45, 7) is 0. The molecule has 0 radical (unpaired) electrons. The standard InChI is InChI=1S/C51H31N5O/c1-3-14-32(15-4-1)49-52-50(33-16-5-2-6-17-33)54-51(53-49)34-18-13-19-35(28-34)55-43-23-10-7-20-37(43)40-29-36(26-27-45(40)55)56-44-24-11-8-21-38(44)41-31-48-42(30-46(41)56)39-22-9-12-25-47(39)57-48/h1-31H. The molecule has 0 saturated heterocycles. The lowest BCUT2D eigenvalue weighted by atomic mass is 10.1. The van der Waals surface area contributed by atoms with Gasteiger partial charge >= 0.3 is 0 Å². The fourth-order valence-corrected chi connectivity index (χ4v) is 8.56. The van der Waals surface area contributed by atoms with Gasteiger partial charge < -0.3 is 13.6 Å². The van der Waals surface area contributed by atoms with Crippen LogP contribution in [0.1, 0.15) is 0 Å². The Hall–Kier alpha value is -7.83. The third kappa shape index (κ3) is 4.94. The molecule has 57 heavy (non-hydrogen) atoms. The van der Waals surface area contributed by atoms with Crippen LogP contribution in [0.25, 0.3) is 111 Å². The summed E-state index contributed by atoms with van der Waals surface area (Å²) in [6, 6.07) is 65.6. The molecule has 4 aromatic heterocycles. The van der Waals surface area contributed by atoms with E-state index in [2.05, 4.69) is 124 Å². The number of rotatable bonds is 5. The maximum atomic E-state index is 6.34. The van der Waals surface area contributed by atoms with E-state index in [1.54, 1.807) is 0 Å². The molecule has 6 heteroatoms. The fourth-order valence-electron chi connectivity index (χ4n) is 8.56. The predicted octanol–water partition coefficient (Wildman–Crippen LogP) is 13.0. The molecule has 0 aliphatic heterocycles. The van der Waals surface area contributed by atoms with Gasteiger partial charge in [0.2, 0.25) is 0 Å². The van der Waals surface area contributed by atoms with Crippen LogP contribution in [0, 0.1) is 0 Å². The normalized spacial score (nSPS) is 11.9. The molecule has 0 saturated carbocycles. The van der Waals surface area contributed by atoms with E-state index in [0.29, 0.717) is 17.5 Å². The average Bonchev–Trinajstić information content (AvgIpc) is 3.93. The lowest BCUT2D eigenvalue weighted by molar-refractivity contribution is 0.669. The van der Waals surface area contributed by atoms with E-state index >= 15 is 0 Å². The lowest BCUT2D eigenvalue weighted by Gasteiger charge is -2.12. The minimum absolute atomic E-state index is 0.624. The zero-order chi connectivity index (χ0) is 37.5. The maximum absolute atomic E-state index is 6.34. The molecule has 0 unspecified atom stereocenters. The van der Waals surface area contributed by atoms with E-state index in [1.807, 2.05) is 72.8 Å².